The fraction of sp³-hybridized carbons (Fsp3) is 0.733. The molecule has 0 spiro atoms. The van der Waals surface area contributed by atoms with Gasteiger partial charge in [-0.3, -0.25) is 14.4 Å². The Morgan fingerprint density at radius 2 is 1.85 bits per heavy atom. The van der Waals surface area contributed by atoms with Gasteiger partial charge in [0.15, 0.2) is 0 Å². The van der Waals surface area contributed by atoms with Crippen LogP contribution >= 0.6 is 0 Å². The van der Waals surface area contributed by atoms with Crippen molar-refractivity contribution in [3.63, 3.8) is 0 Å². The zero-order valence-electron chi connectivity index (χ0n) is 15.0. The number of carbonyl (C=O) groups is 4. The van der Waals surface area contributed by atoms with E-state index in [9.17, 15) is 27.6 Å². The summed E-state index contributed by atoms with van der Waals surface area (Å²) in [5.41, 5.74) is 11.0. The summed E-state index contributed by atoms with van der Waals surface area (Å²) in [4.78, 5) is 43.7. The zero-order valence-corrected chi connectivity index (χ0v) is 15.0. The van der Waals surface area contributed by atoms with Gasteiger partial charge in [-0.25, -0.2) is 4.79 Å². The van der Waals surface area contributed by atoms with Crippen LogP contribution in [0.1, 0.15) is 33.1 Å². The second-order valence-corrected chi connectivity index (χ2v) is 6.51. The highest BCUT2D eigenvalue weighted by molar-refractivity contribution is 5.89. The molecule has 0 aromatic rings. The SMILES string of the molecule is CC(C)C[C@H](N)C(=O)N[C@@H](CC1CCNC1=O)C(N)=O.O=C(O)C(F)(F)F. The summed E-state index contributed by atoms with van der Waals surface area (Å²) in [6.07, 6.45) is -3.68. The van der Waals surface area contributed by atoms with E-state index in [1.165, 1.54) is 0 Å². The van der Waals surface area contributed by atoms with Crippen molar-refractivity contribution in [3.8, 4) is 0 Å². The molecule has 0 aliphatic carbocycles. The van der Waals surface area contributed by atoms with Gasteiger partial charge in [-0.2, -0.15) is 13.2 Å². The maximum absolute atomic E-state index is 11.9. The number of primary amides is 1. The van der Waals surface area contributed by atoms with E-state index < -0.39 is 36.0 Å². The van der Waals surface area contributed by atoms with Crippen molar-refractivity contribution in [3.05, 3.63) is 0 Å². The molecule has 156 valence electrons. The Bertz CT molecular complexity index is 554. The number of hydrogen-bond donors (Lipinski definition) is 5. The molecule has 1 aliphatic heterocycles. The van der Waals surface area contributed by atoms with Crippen LogP contribution < -0.4 is 22.1 Å². The number of aliphatic carboxylic acids is 1. The van der Waals surface area contributed by atoms with Gasteiger partial charge in [-0.15, -0.1) is 0 Å². The van der Waals surface area contributed by atoms with Crippen molar-refractivity contribution < 1.29 is 37.5 Å². The molecule has 1 fully saturated rings. The molecule has 1 unspecified atom stereocenters. The second kappa shape index (κ2) is 10.7. The Balaban J connectivity index is 0.000000821. The molecular formula is C15H25F3N4O5. The van der Waals surface area contributed by atoms with Gasteiger partial charge >= 0.3 is 12.1 Å². The highest BCUT2D eigenvalue weighted by Gasteiger charge is 2.38. The average molecular weight is 398 g/mol. The molecule has 3 amide bonds. The van der Waals surface area contributed by atoms with Crippen molar-refractivity contribution in [2.75, 3.05) is 6.54 Å². The van der Waals surface area contributed by atoms with Crippen LogP contribution in [0.5, 0.6) is 0 Å². The summed E-state index contributed by atoms with van der Waals surface area (Å²) in [7, 11) is 0. The summed E-state index contributed by atoms with van der Waals surface area (Å²) in [6, 6.07) is -1.52. The van der Waals surface area contributed by atoms with Gasteiger partial charge in [-0.05, 0) is 25.2 Å². The molecule has 9 nitrogen and oxygen atoms in total. The van der Waals surface area contributed by atoms with Crippen molar-refractivity contribution in [2.24, 2.45) is 23.3 Å². The second-order valence-electron chi connectivity index (χ2n) is 6.51. The minimum atomic E-state index is -5.08. The summed E-state index contributed by atoms with van der Waals surface area (Å²) in [5, 5.41) is 12.4. The molecule has 0 radical (unpaired) electrons. The Kier molecular flexibility index (Phi) is 9.76. The Morgan fingerprint density at radius 3 is 2.19 bits per heavy atom. The smallest absolute Gasteiger partial charge is 0.475 e. The maximum atomic E-state index is 11.9. The first-order valence-electron chi connectivity index (χ1n) is 8.18. The standard InChI is InChI=1S/C13H24N4O3.C2HF3O2/c1-7(2)5-9(14)13(20)17-10(11(15)18)6-8-3-4-16-12(8)19;3-2(4,5)1(6)7/h7-10H,3-6,14H2,1-2H3,(H2,15,18)(H,16,19)(H,17,20);(H,6,7)/t8?,9-,10-;/m0./s1. The number of nitrogens with one attached hydrogen (secondary N) is 2. The average Bonchev–Trinajstić information content (AvgIpc) is 2.90. The Labute approximate surface area is 154 Å². The van der Waals surface area contributed by atoms with E-state index in [2.05, 4.69) is 10.6 Å². The molecule has 1 rings (SSSR count). The number of amides is 3. The van der Waals surface area contributed by atoms with Crippen LogP contribution in [-0.4, -0.2) is 53.6 Å². The number of carboxylic acids is 1. The van der Waals surface area contributed by atoms with E-state index in [-0.39, 0.29) is 24.2 Å². The molecular weight excluding hydrogens is 373 g/mol. The summed E-state index contributed by atoms with van der Waals surface area (Å²) >= 11 is 0. The zero-order chi connectivity index (χ0) is 21.4. The Morgan fingerprint density at radius 1 is 1.33 bits per heavy atom. The fourth-order valence-corrected chi connectivity index (χ4v) is 2.29. The first-order chi connectivity index (χ1) is 12.3. The van der Waals surface area contributed by atoms with Crippen molar-refractivity contribution in [1.29, 1.82) is 0 Å². The molecule has 12 heteroatoms. The van der Waals surface area contributed by atoms with Crippen LogP contribution in [-0.2, 0) is 19.2 Å². The molecule has 0 aromatic heterocycles. The fourth-order valence-electron chi connectivity index (χ4n) is 2.29. The molecule has 0 bridgehead atoms. The van der Waals surface area contributed by atoms with Gasteiger partial charge in [0, 0.05) is 12.5 Å². The van der Waals surface area contributed by atoms with Gasteiger partial charge in [0.05, 0.1) is 6.04 Å². The maximum Gasteiger partial charge on any atom is 0.490 e. The molecule has 3 atom stereocenters. The van der Waals surface area contributed by atoms with Crippen LogP contribution in [0.25, 0.3) is 0 Å². The van der Waals surface area contributed by atoms with Gasteiger partial charge < -0.3 is 27.2 Å². The predicted octanol–water partition coefficient (Wildman–Crippen LogP) is -0.511. The number of nitrogens with two attached hydrogens (primary N) is 2. The number of hydrogen-bond acceptors (Lipinski definition) is 5. The third-order valence-electron chi connectivity index (χ3n) is 3.65. The lowest BCUT2D eigenvalue weighted by atomic mass is 9.97. The largest absolute Gasteiger partial charge is 0.490 e. The van der Waals surface area contributed by atoms with E-state index in [1.54, 1.807) is 0 Å². The summed E-state index contributed by atoms with van der Waals surface area (Å²) in [5.74, 6) is -3.90. The van der Waals surface area contributed by atoms with Crippen LogP contribution in [0.4, 0.5) is 13.2 Å². The monoisotopic (exact) mass is 398 g/mol. The summed E-state index contributed by atoms with van der Waals surface area (Å²) < 4.78 is 31.7. The minimum Gasteiger partial charge on any atom is -0.475 e. The van der Waals surface area contributed by atoms with Gasteiger partial charge in [0.25, 0.3) is 0 Å². The highest BCUT2D eigenvalue weighted by Crippen LogP contribution is 2.16. The number of halogens is 3. The minimum absolute atomic E-state index is 0.100. The van der Waals surface area contributed by atoms with E-state index in [0.717, 1.165) is 0 Å². The topological polar surface area (TPSA) is 165 Å². The molecule has 1 aliphatic rings. The molecule has 0 saturated carbocycles. The number of rotatable bonds is 7. The van der Waals surface area contributed by atoms with Crippen molar-refractivity contribution in [1.82, 2.24) is 10.6 Å². The predicted molar refractivity (Wildman–Crippen MR) is 88.0 cm³/mol. The lowest BCUT2D eigenvalue weighted by molar-refractivity contribution is -0.192. The summed E-state index contributed by atoms with van der Waals surface area (Å²) in [6.45, 7) is 4.51. The number of carboxylic acid groups (broad SMARTS) is 1. The first kappa shape index (κ1) is 24.6. The lowest BCUT2D eigenvalue weighted by Gasteiger charge is -2.21. The van der Waals surface area contributed by atoms with Crippen LogP contribution in [0, 0.1) is 11.8 Å². The third-order valence-corrected chi connectivity index (χ3v) is 3.65. The van der Waals surface area contributed by atoms with Crippen LogP contribution in [0.3, 0.4) is 0 Å². The van der Waals surface area contributed by atoms with E-state index in [4.69, 9.17) is 21.4 Å². The van der Waals surface area contributed by atoms with Gasteiger partial charge in [0.1, 0.15) is 6.04 Å². The molecule has 1 saturated heterocycles. The molecule has 7 N–H and O–H groups in total. The third kappa shape index (κ3) is 9.78. The quantitative estimate of drug-likeness (QED) is 0.387. The van der Waals surface area contributed by atoms with Gasteiger partial charge in [0.2, 0.25) is 17.7 Å². The van der Waals surface area contributed by atoms with Crippen molar-refractivity contribution >= 4 is 23.7 Å². The molecule has 27 heavy (non-hydrogen) atoms. The normalized spacial score (nSPS) is 18.8. The van der Waals surface area contributed by atoms with Gasteiger partial charge in [-0.1, -0.05) is 13.8 Å². The number of carbonyl (C=O) groups excluding carboxylic acids is 3. The molecule has 0 aromatic carbocycles. The van der Waals surface area contributed by atoms with Crippen LogP contribution in [0.15, 0.2) is 0 Å². The van der Waals surface area contributed by atoms with E-state index in [0.29, 0.717) is 19.4 Å². The molecule has 1 heterocycles. The van der Waals surface area contributed by atoms with E-state index in [1.807, 2.05) is 13.8 Å². The van der Waals surface area contributed by atoms with Crippen LogP contribution in [0.2, 0.25) is 0 Å². The van der Waals surface area contributed by atoms with Crippen molar-refractivity contribution in [2.45, 2.75) is 51.4 Å². The van der Waals surface area contributed by atoms with E-state index >= 15 is 0 Å². The Hall–Kier alpha value is -2.37. The number of alkyl halides is 3. The highest BCUT2D eigenvalue weighted by atomic mass is 19.4. The first-order valence-corrected chi connectivity index (χ1v) is 8.18. The lowest BCUT2D eigenvalue weighted by Crippen LogP contribution is -2.51.